The summed E-state index contributed by atoms with van der Waals surface area (Å²) in [5.74, 6) is 1.14. The first kappa shape index (κ1) is 27.4. The Morgan fingerprint density at radius 3 is 2.68 bits per heavy atom. The highest BCUT2D eigenvalue weighted by molar-refractivity contribution is 7.90. The molecule has 3 heterocycles. The number of hydrogen-bond donors (Lipinski definition) is 2. The van der Waals surface area contributed by atoms with Crippen LogP contribution in [0.25, 0.3) is 0 Å². The zero-order chi connectivity index (χ0) is 27.0. The Morgan fingerprint density at radius 1 is 1.13 bits per heavy atom. The van der Waals surface area contributed by atoms with Gasteiger partial charge >= 0.3 is 0 Å². The molecule has 10 nitrogen and oxygen atoms in total. The summed E-state index contributed by atoms with van der Waals surface area (Å²) in [5.41, 5.74) is 0.561. The molecule has 2 aromatic carbocycles. The van der Waals surface area contributed by atoms with Crippen molar-refractivity contribution < 1.29 is 36.2 Å². The van der Waals surface area contributed by atoms with E-state index in [1.807, 2.05) is 0 Å². The summed E-state index contributed by atoms with van der Waals surface area (Å²) in [6.45, 7) is 2.17. The lowest BCUT2D eigenvalue weighted by Crippen LogP contribution is -2.47. The van der Waals surface area contributed by atoms with E-state index in [0.29, 0.717) is 56.3 Å². The molecule has 2 saturated heterocycles. The summed E-state index contributed by atoms with van der Waals surface area (Å²) in [4.78, 5) is 0.473. The molecule has 1 spiro atoms. The van der Waals surface area contributed by atoms with Crippen LogP contribution in [0.3, 0.4) is 0 Å². The lowest BCUT2D eigenvalue weighted by molar-refractivity contribution is -0.0312. The molecule has 0 saturated carbocycles. The molecule has 5 rings (SSSR count). The largest absolute Gasteiger partial charge is 0.493 e. The zero-order valence-electron chi connectivity index (χ0n) is 21.3. The van der Waals surface area contributed by atoms with Crippen LogP contribution in [-0.2, 0) is 31.0 Å². The number of rotatable bonds is 9. The summed E-state index contributed by atoms with van der Waals surface area (Å²) in [5, 5.41) is 13.7. The number of sulfone groups is 1. The van der Waals surface area contributed by atoms with Crippen molar-refractivity contribution in [2.24, 2.45) is 0 Å². The van der Waals surface area contributed by atoms with Crippen molar-refractivity contribution in [2.45, 2.75) is 53.2 Å². The average Bonchev–Trinajstić information content (AvgIpc) is 3.53. The smallest absolute Gasteiger partial charge is 0.243 e. The van der Waals surface area contributed by atoms with Crippen LogP contribution >= 0.6 is 0 Å². The van der Waals surface area contributed by atoms with E-state index < -0.39 is 26.0 Å². The van der Waals surface area contributed by atoms with Crippen molar-refractivity contribution in [1.29, 1.82) is 0 Å². The van der Waals surface area contributed by atoms with Gasteiger partial charge in [0.2, 0.25) is 10.0 Å². The van der Waals surface area contributed by atoms with Crippen molar-refractivity contribution in [3.05, 3.63) is 48.0 Å². The van der Waals surface area contributed by atoms with Crippen molar-refractivity contribution in [2.75, 3.05) is 45.7 Å². The van der Waals surface area contributed by atoms with E-state index >= 15 is 0 Å². The van der Waals surface area contributed by atoms with Gasteiger partial charge in [-0.05, 0) is 61.2 Å². The molecule has 2 fully saturated rings. The molecule has 12 heteroatoms. The first-order chi connectivity index (χ1) is 18.0. The molecule has 0 aliphatic carbocycles. The number of fused-ring (bicyclic) bond motifs is 1. The van der Waals surface area contributed by atoms with Crippen LogP contribution < -0.4 is 14.8 Å². The minimum atomic E-state index is -3.58. The number of benzene rings is 2. The second-order valence-corrected chi connectivity index (χ2v) is 14.2. The van der Waals surface area contributed by atoms with Gasteiger partial charge in [-0.1, -0.05) is 6.07 Å². The number of ether oxygens (including phenoxy) is 3. The quantitative estimate of drug-likeness (QED) is 0.462. The van der Waals surface area contributed by atoms with Gasteiger partial charge in [0.1, 0.15) is 24.2 Å². The zero-order valence-corrected chi connectivity index (χ0v) is 23.0. The summed E-state index contributed by atoms with van der Waals surface area (Å²) in [6, 6.07) is 11.3. The number of aliphatic hydroxyl groups excluding tert-OH is 1. The molecule has 38 heavy (non-hydrogen) atoms. The third-order valence-electron chi connectivity index (χ3n) is 7.46. The van der Waals surface area contributed by atoms with Gasteiger partial charge in [-0.3, -0.25) is 0 Å². The van der Waals surface area contributed by atoms with Crippen LogP contribution in [0, 0.1) is 0 Å². The molecule has 0 radical (unpaired) electrons. The molecule has 0 bridgehead atoms. The first-order valence-corrected chi connectivity index (χ1v) is 16.1. The average molecular weight is 567 g/mol. The Kier molecular flexibility index (Phi) is 7.73. The second kappa shape index (κ2) is 10.7. The maximum atomic E-state index is 13.2. The standard InChI is InChI=1S/C26H34N2O8S2/c1-37(30,31)23-4-2-3-22(14-23)35-18-21(29)16-27-20-15-26(36-17-20)8-10-28(11-9-26)38(32,33)24-5-6-25-19(13-24)7-12-34-25/h2-6,13-14,20-21,27,29H,7-12,15-18H2,1H3. The molecule has 208 valence electrons. The fraction of sp³-hybridized carbons (Fsp3) is 0.538. The third-order valence-corrected chi connectivity index (χ3v) is 10.5. The van der Waals surface area contributed by atoms with E-state index in [-0.39, 0.29) is 23.1 Å². The van der Waals surface area contributed by atoms with Gasteiger partial charge in [0.15, 0.2) is 9.84 Å². The fourth-order valence-electron chi connectivity index (χ4n) is 5.28. The monoisotopic (exact) mass is 566 g/mol. The van der Waals surface area contributed by atoms with Crippen LogP contribution in [0.4, 0.5) is 0 Å². The lowest BCUT2D eigenvalue weighted by atomic mass is 9.88. The molecular weight excluding hydrogens is 532 g/mol. The molecule has 2 N–H and O–H groups in total. The van der Waals surface area contributed by atoms with Crippen LogP contribution in [0.15, 0.2) is 52.3 Å². The van der Waals surface area contributed by atoms with Gasteiger partial charge in [-0.15, -0.1) is 0 Å². The van der Waals surface area contributed by atoms with Gasteiger partial charge in [-0.2, -0.15) is 4.31 Å². The topological polar surface area (TPSA) is 131 Å². The Balaban J connectivity index is 1.08. The van der Waals surface area contributed by atoms with Crippen LogP contribution in [0.1, 0.15) is 24.8 Å². The van der Waals surface area contributed by atoms with E-state index in [1.165, 1.54) is 12.1 Å². The Morgan fingerprint density at radius 2 is 1.92 bits per heavy atom. The number of nitrogens with one attached hydrogen (secondary N) is 1. The number of piperidine rings is 1. The van der Waals surface area contributed by atoms with Crippen LogP contribution in [-0.4, -0.2) is 89.7 Å². The minimum Gasteiger partial charge on any atom is -0.493 e. The number of sulfonamides is 1. The van der Waals surface area contributed by atoms with E-state index in [9.17, 15) is 21.9 Å². The fourth-order valence-corrected chi connectivity index (χ4v) is 7.43. The molecule has 3 aliphatic rings. The van der Waals surface area contributed by atoms with E-state index in [0.717, 1.165) is 30.4 Å². The molecular formula is C26H34N2O8S2. The summed E-state index contributed by atoms with van der Waals surface area (Å²) >= 11 is 0. The van der Waals surface area contributed by atoms with Gasteiger partial charge in [0.25, 0.3) is 0 Å². The summed E-state index contributed by atoms with van der Waals surface area (Å²) in [7, 11) is -6.92. The molecule has 2 unspecified atom stereocenters. The predicted molar refractivity (Wildman–Crippen MR) is 140 cm³/mol. The summed E-state index contributed by atoms with van der Waals surface area (Å²) in [6.07, 6.45) is 3.02. The molecule has 0 amide bonds. The Bertz CT molecular complexity index is 1370. The van der Waals surface area contributed by atoms with Crippen LogP contribution in [0.2, 0.25) is 0 Å². The highest BCUT2D eigenvalue weighted by atomic mass is 32.2. The number of hydrogen-bond acceptors (Lipinski definition) is 9. The van der Waals surface area contributed by atoms with Crippen LogP contribution in [0.5, 0.6) is 11.5 Å². The highest BCUT2D eigenvalue weighted by Crippen LogP contribution is 2.38. The third kappa shape index (κ3) is 6.00. The van der Waals surface area contributed by atoms with Gasteiger partial charge in [-0.25, -0.2) is 16.8 Å². The van der Waals surface area contributed by atoms with Crippen molar-refractivity contribution in [1.82, 2.24) is 9.62 Å². The van der Waals surface area contributed by atoms with Crippen molar-refractivity contribution in [3.8, 4) is 11.5 Å². The minimum absolute atomic E-state index is 0.0145. The maximum Gasteiger partial charge on any atom is 0.243 e. The normalized spacial score (nSPS) is 22.2. The molecule has 2 aromatic rings. The maximum absolute atomic E-state index is 13.2. The molecule has 2 atom stereocenters. The van der Waals surface area contributed by atoms with Crippen molar-refractivity contribution >= 4 is 19.9 Å². The Labute approximate surface area is 223 Å². The predicted octanol–water partition coefficient (Wildman–Crippen LogP) is 1.37. The first-order valence-electron chi connectivity index (χ1n) is 12.8. The molecule has 0 aromatic heterocycles. The number of aliphatic hydroxyl groups is 1. The Hall–Kier alpha value is -2.22. The lowest BCUT2D eigenvalue weighted by Gasteiger charge is -2.38. The second-order valence-electron chi connectivity index (χ2n) is 10.3. The van der Waals surface area contributed by atoms with Gasteiger partial charge in [0, 0.05) is 38.4 Å². The van der Waals surface area contributed by atoms with Gasteiger partial charge < -0.3 is 24.6 Å². The van der Waals surface area contributed by atoms with Gasteiger partial charge in [0.05, 0.1) is 28.6 Å². The van der Waals surface area contributed by atoms with E-state index in [2.05, 4.69) is 5.32 Å². The van der Waals surface area contributed by atoms with E-state index in [1.54, 1.807) is 34.6 Å². The molecule has 3 aliphatic heterocycles. The highest BCUT2D eigenvalue weighted by Gasteiger charge is 2.44. The summed E-state index contributed by atoms with van der Waals surface area (Å²) < 4.78 is 68.6. The SMILES string of the molecule is CS(=O)(=O)c1cccc(OCC(O)CNC2COC3(CCN(S(=O)(=O)c4ccc5c(c4)CCO5)CC3)C2)c1. The number of nitrogens with zero attached hydrogens (tertiary/aromatic N) is 1. The van der Waals surface area contributed by atoms with Crippen molar-refractivity contribution in [3.63, 3.8) is 0 Å². The van der Waals surface area contributed by atoms with E-state index in [4.69, 9.17) is 14.2 Å².